The van der Waals surface area contributed by atoms with Crippen molar-refractivity contribution in [2.24, 2.45) is 5.73 Å². The number of halogens is 1. The molecule has 1 aromatic carbocycles. The SMILES string of the molecule is N[C@@H](Cl)c1ccccc1. The van der Waals surface area contributed by atoms with Crippen LogP contribution in [-0.4, -0.2) is 0 Å². The van der Waals surface area contributed by atoms with Crippen LogP contribution in [0.25, 0.3) is 0 Å². The molecule has 0 aromatic heterocycles. The molecule has 0 radical (unpaired) electrons. The second kappa shape index (κ2) is 2.85. The van der Waals surface area contributed by atoms with Crippen molar-refractivity contribution in [3.8, 4) is 0 Å². The van der Waals surface area contributed by atoms with Crippen LogP contribution in [0.2, 0.25) is 0 Å². The molecule has 0 bridgehead atoms. The lowest BCUT2D eigenvalue weighted by Crippen LogP contribution is -2.00. The third kappa shape index (κ3) is 1.70. The molecule has 1 nitrogen and oxygen atoms in total. The molecule has 9 heavy (non-hydrogen) atoms. The molecule has 0 amide bonds. The van der Waals surface area contributed by atoms with Gasteiger partial charge in [-0.1, -0.05) is 30.3 Å². The van der Waals surface area contributed by atoms with Crippen molar-refractivity contribution in [1.82, 2.24) is 0 Å². The normalized spacial score (nSPS) is 13.1. The molecule has 1 aromatic rings. The van der Waals surface area contributed by atoms with Crippen molar-refractivity contribution < 1.29 is 0 Å². The molecule has 0 aliphatic rings. The number of rotatable bonds is 1. The minimum atomic E-state index is -0.369. The van der Waals surface area contributed by atoms with Crippen molar-refractivity contribution >= 4 is 11.6 Å². The molecule has 1 atom stereocenters. The first-order valence-electron chi connectivity index (χ1n) is 2.75. The average Bonchev–Trinajstić information content (AvgIpc) is 1.90. The summed E-state index contributed by atoms with van der Waals surface area (Å²) in [6.45, 7) is 0. The third-order valence-corrected chi connectivity index (χ3v) is 1.37. The van der Waals surface area contributed by atoms with E-state index in [0.717, 1.165) is 5.56 Å². The fourth-order valence-corrected chi connectivity index (χ4v) is 0.782. The highest BCUT2D eigenvalue weighted by atomic mass is 35.5. The van der Waals surface area contributed by atoms with E-state index >= 15 is 0 Å². The Morgan fingerprint density at radius 3 is 2.11 bits per heavy atom. The molecule has 0 aliphatic heterocycles. The second-order valence-electron chi connectivity index (χ2n) is 1.81. The van der Waals surface area contributed by atoms with Crippen molar-refractivity contribution in [2.75, 3.05) is 0 Å². The number of nitrogens with two attached hydrogens (primary N) is 1. The predicted octanol–water partition coefficient (Wildman–Crippen LogP) is 1.88. The Kier molecular flexibility index (Phi) is 2.09. The Bertz CT molecular complexity index is 172. The molecule has 0 fully saturated rings. The van der Waals surface area contributed by atoms with Gasteiger partial charge in [-0.2, -0.15) is 0 Å². The summed E-state index contributed by atoms with van der Waals surface area (Å²) >= 11 is 5.58. The predicted molar refractivity (Wildman–Crippen MR) is 39.2 cm³/mol. The van der Waals surface area contributed by atoms with E-state index in [9.17, 15) is 0 Å². The van der Waals surface area contributed by atoms with E-state index in [1.165, 1.54) is 0 Å². The van der Waals surface area contributed by atoms with Gasteiger partial charge in [0.1, 0.15) is 5.50 Å². The quantitative estimate of drug-likeness (QED) is 0.469. The molecule has 0 saturated carbocycles. The van der Waals surface area contributed by atoms with Crippen LogP contribution >= 0.6 is 11.6 Å². The minimum Gasteiger partial charge on any atom is -0.312 e. The fourth-order valence-electron chi connectivity index (χ4n) is 0.637. The Morgan fingerprint density at radius 2 is 1.78 bits per heavy atom. The van der Waals surface area contributed by atoms with Crippen LogP contribution in [0, 0.1) is 0 Å². The Balaban J connectivity index is 2.85. The van der Waals surface area contributed by atoms with Gasteiger partial charge < -0.3 is 5.73 Å². The molecule has 0 aliphatic carbocycles. The van der Waals surface area contributed by atoms with Gasteiger partial charge >= 0.3 is 0 Å². The van der Waals surface area contributed by atoms with E-state index < -0.39 is 0 Å². The summed E-state index contributed by atoms with van der Waals surface area (Å²) in [6, 6.07) is 9.56. The first-order chi connectivity index (χ1) is 4.30. The summed E-state index contributed by atoms with van der Waals surface area (Å²) < 4.78 is 0. The van der Waals surface area contributed by atoms with Crippen LogP contribution < -0.4 is 5.73 Å². The molecule has 0 saturated heterocycles. The lowest BCUT2D eigenvalue weighted by atomic mass is 10.2. The van der Waals surface area contributed by atoms with Gasteiger partial charge in [-0.05, 0) is 5.56 Å². The zero-order chi connectivity index (χ0) is 6.69. The van der Waals surface area contributed by atoms with Gasteiger partial charge in [0.25, 0.3) is 0 Å². The first-order valence-corrected chi connectivity index (χ1v) is 3.19. The number of benzene rings is 1. The van der Waals surface area contributed by atoms with Crippen LogP contribution in [0.15, 0.2) is 30.3 Å². The van der Waals surface area contributed by atoms with Crippen LogP contribution in [0.1, 0.15) is 11.1 Å². The zero-order valence-corrected chi connectivity index (χ0v) is 5.68. The molecule has 0 unspecified atom stereocenters. The summed E-state index contributed by atoms with van der Waals surface area (Å²) in [6.07, 6.45) is 0. The fraction of sp³-hybridized carbons (Fsp3) is 0.143. The maximum absolute atomic E-state index is 5.58. The molecule has 1 rings (SSSR count). The summed E-state index contributed by atoms with van der Waals surface area (Å²) in [4.78, 5) is 0. The monoisotopic (exact) mass is 141 g/mol. The summed E-state index contributed by atoms with van der Waals surface area (Å²) in [5, 5.41) is 0. The van der Waals surface area contributed by atoms with Gasteiger partial charge in [0.05, 0.1) is 0 Å². The highest BCUT2D eigenvalue weighted by Crippen LogP contribution is 2.11. The van der Waals surface area contributed by atoms with E-state index in [1.54, 1.807) is 0 Å². The molecule has 2 heteroatoms. The van der Waals surface area contributed by atoms with Crippen molar-refractivity contribution in [3.05, 3.63) is 35.9 Å². The molecule has 2 N–H and O–H groups in total. The number of hydrogen-bond acceptors (Lipinski definition) is 1. The Labute approximate surface area is 59.4 Å². The number of alkyl halides is 1. The van der Waals surface area contributed by atoms with Crippen molar-refractivity contribution in [1.29, 1.82) is 0 Å². The largest absolute Gasteiger partial charge is 0.312 e. The van der Waals surface area contributed by atoms with E-state index in [-0.39, 0.29) is 5.50 Å². The molecule has 48 valence electrons. The first kappa shape index (κ1) is 6.59. The van der Waals surface area contributed by atoms with E-state index in [2.05, 4.69) is 0 Å². The maximum Gasteiger partial charge on any atom is 0.106 e. The van der Waals surface area contributed by atoms with Crippen molar-refractivity contribution in [3.63, 3.8) is 0 Å². The lowest BCUT2D eigenvalue weighted by molar-refractivity contribution is 1.02. The van der Waals surface area contributed by atoms with Crippen molar-refractivity contribution in [2.45, 2.75) is 5.50 Å². The highest BCUT2D eigenvalue weighted by molar-refractivity contribution is 6.20. The lowest BCUT2D eigenvalue weighted by Gasteiger charge is -1.99. The average molecular weight is 142 g/mol. The van der Waals surface area contributed by atoms with Gasteiger partial charge in [-0.15, -0.1) is 11.6 Å². The summed E-state index contributed by atoms with van der Waals surface area (Å²) in [5.74, 6) is 0. The number of hydrogen-bond donors (Lipinski definition) is 1. The maximum atomic E-state index is 5.58. The molecule has 0 spiro atoms. The van der Waals surface area contributed by atoms with E-state index in [1.807, 2.05) is 30.3 Å². The van der Waals surface area contributed by atoms with Crippen LogP contribution in [0.5, 0.6) is 0 Å². The van der Waals surface area contributed by atoms with Crippen LogP contribution in [0.3, 0.4) is 0 Å². The third-order valence-electron chi connectivity index (χ3n) is 1.12. The van der Waals surface area contributed by atoms with E-state index in [0.29, 0.717) is 0 Å². The van der Waals surface area contributed by atoms with Gasteiger partial charge in [-0.3, -0.25) is 0 Å². The van der Waals surface area contributed by atoms with E-state index in [4.69, 9.17) is 17.3 Å². The summed E-state index contributed by atoms with van der Waals surface area (Å²) in [7, 11) is 0. The molecular formula is C7H8ClN. The standard InChI is InChI=1S/C7H8ClN/c8-7(9)6-4-2-1-3-5-6/h1-5,7H,9H2/t7-/m1/s1. The van der Waals surface area contributed by atoms with Gasteiger partial charge in [-0.25, -0.2) is 0 Å². The topological polar surface area (TPSA) is 26.0 Å². The molecule has 0 heterocycles. The summed E-state index contributed by atoms with van der Waals surface area (Å²) in [5.41, 5.74) is 5.97. The van der Waals surface area contributed by atoms with Gasteiger partial charge in [0.2, 0.25) is 0 Å². The Morgan fingerprint density at radius 1 is 1.22 bits per heavy atom. The minimum absolute atomic E-state index is 0.369. The second-order valence-corrected chi connectivity index (χ2v) is 2.28. The zero-order valence-electron chi connectivity index (χ0n) is 4.92. The smallest absolute Gasteiger partial charge is 0.106 e. The molecular weight excluding hydrogens is 134 g/mol. The van der Waals surface area contributed by atoms with Gasteiger partial charge in [0.15, 0.2) is 0 Å². The Hall–Kier alpha value is -0.530. The van der Waals surface area contributed by atoms with Crippen LogP contribution in [0.4, 0.5) is 0 Å². The highest BCUT2D eigenvalue weighted by Gasteiger charge is 1.96. The van der Waals surface area contributed by atoms with Gasteiger partial charge in [0, 0.05) is 0 Å². The van der Waals surface area contributed by atoms with Crippen LogP contribution in [-0.2, 0) is 0 Å².